The number of hydrogen-bond acceptors (Lipinski definition) is 5. The van der Waals surface area contributed by atoms with Crippen molar-refractivity contribution in [1.82, 2.24) is 14.8 Å². The highest BCUT2D eigenvalue weighted by Gasteiger charge is 2.12. The molecule has 20 heavy (non-hydrogen) atoms. The van der Waals surface area contributed by atoms with E-state index < -0.39 is 5.82 Å². The van der Waals surface area contributed by atoms with Crippen LogP contribution in [0.1, 0.15) is 17.0 Å². The number of nitrogens with zero attached hydrogens (tertiary/aromatic N) is 4. The summed E-state index contributed by atoms with van der Waals surface area (Å²) in [6.07, 6.45) is 0. The molecule has 0 fully saturated rings. The van der Waals surface area contributed by atoms with Gasteiger partial charge in [0.05, 0.1) is 5.56 Å². The van der Waals surface area contributed by atoms with Gasteiger partial charge in [-0.1, -0.05) is 23.9 Å². The minimum atomic E-state index is -0.468. The van der Waals surface area contributed by atoms with Crippen molar-refractivity contribution in [3.8, 4) is 6.07 Å². The predicted octanol–water partition coefficient (Wildman–Crippen LogP) is 1.85. The monoisotopic (exact) mass is 291 g/mol. The molecule has 1 aromatic carbocycles. The van der Waals surface area contributed by atoms with Crippen LogP contribution >= 0.6 is 11.8 Å². The Labute approximate surface area is 120 Å². The molecule has 2 rings (SSSR count). The van der Waals surface area contributed by atoms with Gasteiger partial charge in [-0.2, -0.15) is 5.26 Å². The van der Waals surface area contributed by atoms with Crippen LogP contribution in [0.2, 0.25) is 0 Å². The lowest BCUT2D eigenvalue weighted by Crippen LogP contribution is -2.12. The lowest BCUT2D eigenvalue weighted by Gasteiger charge is -2.07. The summed E-state index contributed by atoms with van der Waals surface area (Å²) in [7, 11) is 0. The second-order valence-electron chi connectivity index (χ2n) is 4.15. The van der Waals surface area contributed by atoms with E-state index in [9.17, 15) is 4.39 Å². The molecule has 1 aromatic heterocycles. The zero-order valence-electron chi connectivity index (χ0n) is 11.0. The third kappa shape index (κ3) is 2.98. The first-order valence-corrected chi connectivity index (χ1v) is 7.06. The number of thioether (sulfide) groups is 1. The molecule has 0 saturated carbocycles. The van der Waals surface area contributed by atoms with Crippen molar-refractivity contribution >= 4 is 11.8 Å². The SMILES string of the molecule is Cc1nnc(SCc2cccc(C#N)c2F)n1CCN. The van der Waals surface area contributed by atoms with E-state index in [0.717, 1.165) is 5.82 Å². The van der Waals surface area contributed by atoms with E-state index in [1.54, 1.807) is 12.1 Å². The number of hydrogen-bond donors (Lipinski definition) is 1. The summed E-state index contributed by atoms with van der Waals surface area (Å²) >= 11 is 1.38. The summed E-state index contributed by atoms with van der Waals surface area (Å²) in [4.78, 5) is 0. The average Bonchev–Trinajstić information content (AvgIpc) is 2.79. The second kappa shape index (κ2) is 6.50. The Bertz CT molecular complexity index is 647. The minimum absolute atomic E-state index is 0.0581. The van der Waals surface area contributed by atoms with E-state index in [4.69, 9.17) is 11.0 Å². The Morgan fingerprint density at radius 1 is 1.45 bits per heavy atom. The molecule has 0 radical (unpaired) electrons. The van der Waals surface area contributed by atoms with Crippen molar-refractivity contribution in [3.63, 3.8) is 0 Å². The van der Waals surface area contributed by atoms with Crippen molar-refractivity contribution in [2.75, 3.05) is 6.54 Å². The topological polar surface area (TPSA) is 80.5 Å². The fourth-order valence-electron chi connectivity index (χ4n) is 1.77. The van der Waals surface area contributed by atoms with Gasteiger partial charge in [-0.05, 0) is 18.6 Å². The van der Waals surface area contributed by atoms with Gasteiger partial charge in [-0.3, -0.25) is 0 Å². The summed E-state index contributed by atoms with van der Waals surface area (Å²) in [5, 5.41) is 17.6. The van der Waals surface area contributed by atoms with Gasteiger partial charge in [-0.15, -0.1) is 10.2 Å². The van der Waals surface area contributed by atoms with Crippen LogP contribution in [0.5, 0.6) is 0 Å². The lowest BCUT2D eigenvalue weighted by molar-refractivity contribution is 0.612. The van der Waals surface area contributed by atoms with Crippen LogP contribution in [-0.4, -0.2) is 21.3 Å². The molecule has 0 aliphatic heterocycles. The highest BCUT2D eigenvalue weighted by molar-refractivity contribution is 7.98. The van der Waals surface area contributed by atoms with Gasteiger partial charge < -0.3 is 10.3 Å². The largest absolute Gasteiger partial charge is 0.329 e. The van der Waals surface area contributed by atoms with E-state index in [0.29, 0.717) is 29.6 Å². The number of aromatic nitrogens is 3. The maximum absolute atomic E-state index is 13.9. The summed E-state index contributed by atoms with van der Waals surface area (Å²) < 4.78 is 15.8. The molecule has 1 heterocycles. The van der Waals surface area contributed by atoms with E-state index in [-0.39, 0.29) is 5.56 Å². The molecular weight excluding hydrogens is 277 g/mol. The van der Waals surface area contributed by atoms with Crippen LogP contribution in [0.4, 0.5) is 4.39 Å². The lowest BCUT2D eigenvalue weighted by atomic mass is 10.1. The normalized spacial score (nSPS) is 10.5. The quantitative estimate of drug-likeness (QED) is 0.850. The van der Waals surface area contributed by atoms with Crippen LogP contribution in [0, 0.1) is 24.1 Å². The Morgan fingerprint density at radius 3 is 2.95 bits per heavy atom. The highest BCUT2D eigenvalue weighted by atomic mass is 32.2. The first kappa shape index (κ1) is 14.5. The number of nitrogens with two attached hydrogens (primary N) is 1. The minimum Gasteiger partial charge on any atom is -0.329 e. The van der Waals surface area contributed by atoms with Crippen molar-refractivity contribution < 1.29 is 4.39 Å². The third-order valence-electron chi connectivity index (χ3n) is 2.81. The van der Waals surface area contributed by atoms with Gasteiger partial charge in [0.2, 0.25) is 0 Å². The van der Waals surface area contributed by atoms with Crippen molar-refractivity contribution in [2.45, 2.75) is 24.4 Å². The fraction of sp³-hybridized carbons (Fsp3) is 0.308. The summed E-state index contributed by atoms with van der Waals surface area (Å²) in [6.45, 7) is 2.97. The van der Waals surface area contributed by atoms with Gasteiger partial charge in [0.25, 0.3) is 0 Å². The van der Waals surface area contributed by atoms with E-state index in [2.05, 4.69) is 10.2 Å². The maximum Gasteiger partial charge on any atom is 0.191 e. The third-order valence-corrected chi connectivity index (χ3v) is 3.83. The van der Waals surface area contributed by atoms with Gasteiger partial charge in [0.15, 0.2) is 5.16 Å². The van der Waals surface area contributed by atoms with Gasteiger partial charge in [-0.25, -0.2) is 4.39 Å². The fourth-order valence-corrected chi connectivity index (χ4v) is 2.76. The number of halogens is 1. The van der Waals surface area contributed by atoms with Crippen LogP contribution in [0.3, 0.4) is 0 Å². The highest BCUT2D eigenvalue weighted by Crippen LogP contribution is 2.24. The maximum atomic E-state index is 13.9. The van der Waals surface area contributed by atoms with Crippen molar-refractivity contribution in [2.24, 2.45) is 5.73 Å². The molecule has 0 spiro atoms. The molecule has 2 N–H and O–H groups in total. The van der Waals surface area contributed by atoms with Crippen LogP contribution < -0.4 is 5.73 Å². The van der Waals surface area contributed by atoms with Crippen molar-refractivity contribution in [1.29, 1.82) is 5.26 Å². The molecule has 0 saturated heterocycles. The molecule has 2 aromatic rings. The Balaban J connectivity index is 2.16. The molecular formula is C13H14FN5S. The van der Waals surface area contributed by atoms with Crippen LogP contribution in [0.15, 0.2) is 23.4 Å². The van der Waals surface area contributed by atoms with Crippen LogP contribution in [0.25, 0.3) is 0 Å². The molecule has 5 nitrogen and oxygen atoms in total. The molecule has 0 bridgehead atoms. The smallest absolute Gasteiger partial charge is 0.191 e. The Morgan fingerprint density at radius 2 is 2.25 bits per heavy atom. The molecule has 0 aliphatic carbocycles. The zero-order valence-corrected chi connectivity index (χ0v) is 11.8. The van der Waals surface area contributed by atoms with E-state index in [1.807, 2.05) is 17.6 Å². The summed E-state index contributed by atoms with van der Waals surface area (Å²) in [5.74, 6) is 0.706. The molecule has 0 atom stereocenters. The number of benzene rings is 1. The average molecular weight is 291 g/mol. The molecule has 7 heteroatoms. The summed E-state index contributed by atoms with van der Waals surface area (Å²) in [6, 6.07) is 6.64. The molecule has 0 unspecified atom stereocenters. The van der Waals surface area contributed by atoms with Gasteiger partial charge in [0.1, 0.15) is 17.7 Å². The van der Waals surface area contributed by atoms with Crippen molar-refractivity contribution in [3.05, 3.63) is 41.0 Å². The summed E-state index contributed by atoms with van der Waals surface area (Å²) in [5.41, 5.74) is 6.08. The Kier molecular flexibility index (Phi) is 4.71. The first-order valence-electron chi connectivity index (χ1n) is 6.07. The first-order chi connectivity index (χ1) is 9.67. The molecule has 0 amide bonds. The number of aryl methyl sites for hydroxylation is 1. The molecule has 0 aliphatic rings. The van der Waals surface area contributed by atoms with Crippen LogP contribution in [-0.2, 0) is 12.3 Å². The van der Waals surface area contributed by atoms with E-state index >= 15 is 0 Å². The standard InChI is InChI=1S/C13H14FN5S/c1-9-17-18-13(19(9)6-5-15)20-8-11-4-2-3-10(7-16)12(11)14/h2-4H,5-6,8,15H2,1H3. The molecule has 104 valence electrons. The zero-order chi connectivity index (χ0) is 14.5. The second-order valence-corrected chi connectivity index (χ2v) is 5.09. The van der Waals surface area contributed by atoms with E-state index in [1.165, 1.54) is 17.8 Å². The van der Waals surface area contributed by atoms with Gasteiger partial charge >= 0.3 is 0 Å². The number of rotatable bonds is 5. The van der Waals surface area contributed by atoms with Gasteiger partial charge in [0, 0.05) is 18.8 Å². The number of nitriles is 1. The Hall–Kier alpha value is -1.91. The predicted molar refractivity (Wildman–Crippen MR) is 74.5 cm³/mol.